The highest BCUT2D eigenvalue weighted by Gasteiger charge is 2.33. The normalized spacial score (nSPS) is 23.8. The molecule has 0 spiro atoms. The second-order valence-corrected chi connectivity index (χ2v) is 14.2. The maximum absolute atomic E-state index is 8.97. The maximum Gasteiger partial charge on any atom is 0.212 e. The average Bonchev–Trinajstić information content (AvgIpc) is 2.94. The molecule has 1 aromatic carbocycles. The van der Waals surface area contributed by atoms with E-state index < -0.39 is 17.2 Å². The molecule has 4 saturated carbocycles. The Hall–Kier alpha value is -0.360. The largest absolute Gasteiger partial charge is 0.473 e. The number of hydrogen-bond acceptors (Lipinski definition) is 3. The first-order valence-corrected chi connectivity index (χ1v) is 17.2. The summed E-state index contributed by atoms with van der Waals surface area (Å²) in [5.41, 5.74) is 1.54. The molecule has 35 heavy (non-hydrogen) atoms. The fourth-order valence-corrected chi connectivity index (χ4v) is 10.3. The first-order chi connectivity index (χ1) is 17.3. The van der Waals surface area contributed by atoms with Crippen molar-refractivity contribution in [2.75, 3.05) is 0 Å². The molecule has 4 aliphatic rings. The van der Waals surface area contributed by atoms with Crippen molar-refractivity contribution in [2.45, 2.75) is 140 Å². The third-order valence-corrected chi connectivity index (χ3v) is 12.2. The Labute approximate surface area is 218 Å². The van der Waals surface area contributed by atoms with Crippen molar-refractivity contribution in [1.82, 2.24) is 0 Å². The van der Waals surface area contributed by atoms with Crippen LogP contribution in [0.5, 0.6) is 11.5 Å². The molecule has 4 aliphatic carbocycles. The lowest BCUT2D eigenvalue weighted by Crippen LogP contribution is -2.23. The highest BCUT2D eigenvalue weighted by Crippen LogP contribution is 2.56. The van der Waals surface area contributed by atoms with Gasteiger partial charge in [-0.1, -0.05) is 109 Å². The van der Waals surface area contributed by atoms with Crippen LogP contribution in [-0.2, 0) is 0 Å². The Morgan fingerprint density at radius 3 is 1.49 bits per heavy atom. The lowest BCUT2D eigenvalue weighted by atomic mass is 9.73. The van der Waals surface area contributed by atoms with Gasteiger partial charge in [0.15, 0.2) is 0 Å². The van der Waals surface area contributed by atoms with Gasteiger partial charge in [0.2, 0.25) is 9.03 Å². The minimum atomic E-state index is -0.514. The van der Waals surface area contributed by atoms with Gasteiger partial charge in [-0.25, -0.2) is 0 Å². The van der Waals surface area contributed by atoms with Crippen LogP contribution in [0.25, 0.3) is 0 Å². The third kappa shape index (κ3) is 9.16. The Balaban J connectivity index is 0.000000201. The van der Waals surface area contributed by atoms with Gasteiger partial charge in [0.25, 0.3) is 0 Å². The van der Waals surface area contributed by atoms with E-state index in [9.17, 15) is 0 Å². The predicted molar refractivity (Wildman–Crippen MR) is 152 cm³/mol. The molecule has 0 bridgehead atoms. The average molecular weight is 521 g/mol. The van der Waals surface area contributed by atoms with Crippen molar-refractivity contribution in [3.05, 3.63) is 24.3 Å². The van der Waals surface area contributed by atoms with Crippen molar-refractivity contribution >= 4 is 17.2 Å². The van der Waals surface area contributed by atoms with Crippen LogP contribution < -0.4 is 9.05 Å². The van der Waals surface area contributed by atoms with Crippen molar-refractivity contribution in [1.29, 1.82) is 0 Å². The monoisotopic (exact) mass is 520 g/mol. The van der Waals surface area contributed by atoms with Crippen LogP contribution in [0.4, 0.5) is 0 Å². The molecule has 1 unspecified atom stereocenters. The van der Waals surface area contributed by atoms with Gasteiger partial charge in [-0.2, -0.15) is 0 Å². The summed E-state index contributed by atoms with van der Waals surface area (Å²) in [7, 11) is -0.924. The molecule has 0 aliphatic heterocycles. The number of rotatable bonds is 7. The van der Waals surface area contributed by atoms with E-state index in [-0.39, 0.29) is 0 Å². The van der Waals surface area contributed by atoms with E-state index in [4.69, 9.17) is 13.9 Å². The molecule has 3 nitrogen and oxygen atoms in total. The summed E-state index contributed by atoms with van der Waals surface area (Å²) in [5, 5.41) is 0. The SMILES string of the molecule is C1CCC(C2CCCCC2)CC1.OPOc1cccc(OP(C2CCCCC2)C2CCCCC2)c1. The number of hydrogen-bond donors (Lipinski definition) is 1. The molecule has 0 heterocycles. The summed E-state index contributed by atoms with van der Waals surface area (Å²) in [6.45, 7) is 0. The quantitative estimate of drug-likeness (QED) is 0.364. The van der Waals surface area contributed by atoms with E-state index in [1.54, 1.807) is 25.7 Å². The maximum atomic E-state index is 8.97. The molecule has 0 radical (unpaired) electrons. The molecule has 0 saturated heterocycles. The molecule has 5 heteroatoms. The standard InChI is InChI=1S/C18H28O3P2.C12H22/c19-22-20-15-8-7-9-16(14-15)21-23(17-10-3-1-4-11-17)18-12-5-2-6-13-18;1-3-7-11(8-4-1)12-9-5-2-6-10-12/h7-9,14,17-19,22H,1-6,10-13H2;11-12H,1-10H2. The number of benzene rings is 1. The van der Waals surface area contributed by atoms with E-state index in [0.29, 0.717) is 5.75 Å². The van der Waals surface area contributed by atoms with Crippen molar-refractivity contribution in [2.24, 2.45) is 11.8 Å². The summed E-state index contributed by atoms with van der Waals surface area (Å²) < 4.78 is 11.8. The van der Waals surface area contributed by atoms with E-state index in [0.717, 1.165) is 28.9 Å². The zero-order chi connectivity index (χ0) is 24.1. The van der Waals surface area contributed by atoms with Crippen molar-refractivity contribution in [3.8, 4) is 11.5 Å². The Morgan fingerprint density at radius 2 is 1.03 bits per heavy atom. The molecule has 198 valence electrons. The Morgan fingerprint density at radius 1 is 0.600 bits per heavy atom. The van der Waals surface area contributed by atoms with E-state index in [1.807, 2.05) is 24.3 Å². The van der Waals surface area contributed by atoms with E-state index >= 15 is 0 Å². The van der Waals surface area contributed by atoms with Crippen LogP contribution in [0, 0.1) is 11.8 Å². The molecular weight excluding hydrogens is 470 g/mol. The van der Waals surface area contributed by atoms with E-state index in [2.05, 4.69) is 0 Å². The fourth-order valence-electron chi connectivity index (χ4n) is 7.10. The van der Waals surface area contributed by atoms with Gasteiger partial charge >= 0.3 is 0 Å². The lowest BCUT2D eigenvalue weighted by Gasteiger charge is -2.37. The van der Waals surface area contributed by atoms with Crippen molar-refractivity contribution < 1.29 is 13.9 Å². The van der Waals surface area contributed by atoms with Gasteiger partial charge in [-0.15, -0.1) is 0 Å². The van der Waals surface area contributed by atoms with Gasteiger partial charge in [0.1, 0.15) is 11.5 Å². The van der Waals surface area contributed by atoms with Gasteiger partial charge in [-0.3, -0.25) is 0 Å². The summed E-state index contributed by atoms with van der Waals surface area (Å²) in [5.74, 6) is 3.90. The minimum absolute atomic E-state index is 0.411. The summed E-state index contributed by atoms with van der Waals surface area (Å²) in [6.07, 6.45) is 29.0. The van der Waals surface area contributed by atoms with Crippen LogP contribution in [0.2, 0.25) is 0 Å². The van der Waals surface area contributed by atoms with Gasteiger partial charge in [0, 0.05) is 17.4 Å². The van der Waals surface area contributed by atoms with Gasteiger partial charge < -0.3 is 13.9 Å². The molecule has 1 atom stereocenters. The second-order valence-electron chi connectivity index (χ2n) is 11.5. The van der Waals surface area contributed by atoms with Crippen molar-refractivity contribution in [3.63, 3.8) is 0 Å². The summed E-state index contributed by atoms with van der Waals surface area (Å²) in [6, 6.07) is 7.80. The molecule has 5 rings (SSSR count). The molecule has 0 aromatic heterocycles. The van der Waals surface area contributed by atoms with Gasteiger partial charge in [-0.05, 0) is 49.7 Å². The molecule has 4 fully saturated rings. The Bertz CT molecular complexity index is 657. The first-order valence-electron chi connectivity index (χ1n) is 15.0. The summed E-state index contributed by atoms with van der Waals surface area (Å²) >= 11 is 0. The van der Waals surface area contributed by atoms with Crippen LogP contribution in [0.3, 0.4) is 0 Å². The van der Waals surface area contributed by atoms with Crippen LogP contribution in [0.15, 0.2) is 24.3 Å². The summed E-state index contributed by atoms with van der Waals surface area (Å²) in [4.78, 5) is 8.97. The highest BCUT2D eigenvalue weighted by atomic mass is 31.1. The smallest absolute Gasteiger partial charge is 0.212 e. The Kier molecular flexibility index (Phi) is 12.5. The van der Waals surface area contributed by atoms with Crippen LogP contribution >= 0.6 is 17.2 Å². The molecule has 1 N–H and O–H groups in total. The zero-order valence-corrected chi connectivity index (χ0v) is 23.9. The van der Waals surface area contributed by atoms with Gasteiger partial charge in [0.05, 0.1) is 8.15 Å². The molecule has 1 aromatic rings. The third-order valence-electron chi connectivity index (χ3n) is 9.02. The predicted octanol–water partition coefficient (Wildman–Crippen LogP) is 10.2. The topological polar surface area (TPSA) is 38.7 Å². The second kappa shape index (κ2) is 15.8. The highest BCUT2D eigenvalue weighted by molar-refractivity contribution is 7.54. The molecular formula is C30H50O3P2. The molecule has 0 amide bonds. The van der Waals surface area contributed by atoms with Crippen LogP contribution in [-0.4, -0.2) is 16.2 Å². The van der Waals surface area contributed by atoms with Crippen LogP contribution in [0.1, 0.15) is 128 Å². The zero-order valence-electron chi connectivity index (χ0n) is 22.0. The fraction of sp³-hybridized carbons (Fsp3) is 0.800. The van der Waals surface area contributed by atoms with E-state index in [1.165, 1.54) is 103 Å². The first kappa shape index (κ1) is 27.7. The minimum Gasteiger partial charge on any atom is -0.473 e. The lowest BCUT2D eigenvalue weighted by molar-refractivity contribution is 0.196.